The number of hydrogen-bond donors (Lipinski definition) is 3. The van der Waals surface area contributed by atoms with Gasteiger partial charge in [0, 0.05) is 25.2 Å². The Bertz CT molecular complexity index is 498. The third-order valence-electron chi connectivity index (χ3n) is 2.53. The number of amides is 3. The average molecular weight is 275 g/mol. The van der Waals surface area contributed by atoms with Gasteiger partial charge in [0.1, 0.15) is 0 Å². The van der Waals surface area contributed by atoms with E-state index >= 15 is 0 Å². The minimum absolute atomic E-state index is 0.110. The molecule has 0 atom stereocenters. The van der Waals surface area contributed by atoms with Crippen molar-refractivity contribution in [1.82, 2.24) is 16.0 Å². The summed E-state index contributed by atoms with van der Waals surface area (Å²) in [4.78, 5) is 23.2. The lowest BCUT2D eigenvalue weighted by atomic mass is 10.1. The van der Waals surface area contributed by atoms with E-state index in [0.717, 1.165) is 11.1 Å². The molecule has 108 valence electrons. The molecule has 5 nitrogen and oxygen atoms in total. The third kappa shape index (κ3) is 5.56. The molecule has 20 heavy (non-hydrogen) atoms. The number of rotatable bonds is 6. The topological polar surface area (TPSA) is 70.2 Å². The molecular formula is C15H21N3O2. The lowest BCUT2D eigenvalue weighted by Gasteiger charge is -2.08. The van der Waals surface area contributed by atoms with Crippen LogP contribution in [-0.2, 0) is 6.54 Å². The van der Waals surface area contributed by atoms with Gasteiger partial charge in [0.25, 0.3) is 5.91 Å². The van der Waals surface area contributed by atoms with Gasteiger partial charge in [0.05, 0.1) is 0 Å². The molecule has 0 aliphatic rings. The van der Waals surface area contributed by atoms with E-state index in [4.69, 9.17) is 0 Å². The molecule has 0 saturated carbocycles. The maximum atomic E-state index is 11.7. The molecular weight excluding hydrogens is 254 g/mol. The second-order valence-corrected chi connectivity index (χ2v) is 4.55. The van der Waals surface area contributed by atoms with Crippen LogP contribution in [0.5, 0.6) is 0 Å². The molecule has 0 aromatic heterocycles. The van der Waals surface area contributed by atoms with Crippen LogP contribution in [0, 0.1) is 0 Å². The molecule has 0 heterocycles. The first-order valence-corrected chi connectivity index (χ1v) is 6.56. The lowest BCUT2D eigenvalue weighted by molar-refractivity contribution is 0.0955. The highest BCUT2D eigenvalue weighted by Gasteiger charge is 2.05. The number of hydrogen-bond acceptors (Lipinski definition) is 2. The number of carbonyl (C=O) groups is 2. The largest absolute Gasteiger partial charge is 0.352 e. The highest BCUT2D eigenvalue weighted by molar-refractivity contribution is 5.94. The van der Waals surface area contributed by atoms with Gasteiger partial charge < -0.3 is 16.0 Å². The summed E-state index contributed by atoms with van der Waals surface area (Å²) in [5.41, 5.74) is 2.35. The molecule has 3 N–H and O–H groups in total. The minimum atomic E-state index is -0.253. The van der Waals surface area contributed by atoms with E-state index in [9.17, 15) is 9.59 Å². The van der Waals surface area contributed by atoms with E-state index in [1.807, 2.05) is 19.9 Å². The van der Waals surface area contributed by atoms with Gasteiger partial charge in [-0.2, -0.15) is 0 Å². The van der Waals surface area contributed by atoms with Crippen LogP contribution < -0.4 is 16.0 Å². The van der Waals surface area contributed by atoms with E-state index in [1.54, 1.807) is 18.2 Å². The molecule has 0 fully saturated rings. The summed E-state index contributed by atoms with van der Waals surface area (Å²) in [6.07, 6.45) is 0. The molecule has 0 aliphatic heterocycles. The number of urea groups is 1. The predicted octanol–water partition coefficient (Wildman–Crippen LogP) is 1.81. The number of carbonyl (C=O) groups excluding carboxylic acids is 2. The lowest BCUT2D eigenvalue weighted by Crippen LogP contribution is -2.35. The van der Waals surface area contributed by atoms with Gasteiger partial charge in [-0.3, -0.25) is 4.79 Å². The Balaban J connectivity index is 2.52. The van der Waals surface area contributed by atoms with Gasteiger partial charge in [0.2, 0.25) is 0 Å². The van der Waals surface area contributed by atoms with Crippen LogP contribution in [-0.4, -0.2) is 25.0 Å². The van der Waals surface area contributed by atoms with E-state index in [0.29, 0.717) is 25.2 Å². The Morgan fingerprint density at radius 3 is 2.60 bits per heavy atom. The quantitative estimate of drug-likeness (QED) is 0.693. The van der Waals surface area contributed by atoms with Crippen molar-refractivity contribution in [1.29, 1.82) is 0 Å². The van der Waals surface area contributed by atoms with Crippen molar-refractivity contribution in [3.8, 4) is 0 Å². The predicted molar refractivity (Wildman–Crippen MR) is 79.5 cm³/mol. The third-order valence-corrected chi connectivity index (χ3v) is 2.53. The summed E-state index contributed by atoms with van der Waals surface area (Å²) in [5.74, 6) is -0.110. The molecule has 0 saturated heterocycles. The molecule has 5 heteroatoms. The average Bonchev–Trinajstić information content (AvgIpc) is 2.43. The summed E-state index contributed by atoms with van der Waals surface area (Å²) >= 11 is 0. The Morgan fingerprint density at radius 1 is 1.20 bits per heavy atom. The normalized spacial score (nSPS) is 9.70. The van der Waals surface area contributed by atoms with Gasteiger partial charge in [-0.25, -0.2) is 4.79 Å². The Morgan fingerprint density at radius 2 is 1.95 bits per heavy atom. The van der Waals surface area contributed by atoms with Crippen LogP contribution in [0.15, 0.2) is 36.4 Å². The van der Waals surface area contributed by atoms with Gasteiger partial charge in [-0.15, -0.1) is 0 Å². The molecule has 0 spiro atoms. The monoisotopic (exact) mass is 275 g/mol. The Hall–Kier alpha value is -2.30. The van der Waals surface area contributed by atoms with E-state index in [-0.39, 0.29) is 11.9 Å². The highest BCUT2D eigenvalue weighted by Crippen LogP contribution is 2.05. The molecule has 0 radical (unpaired) electrons. The fourth-order valence-electron chi connectivity index (χ4n) is 1.56. The second-order valence-electron chi connectivity index (χ2n) is 4.55. The zero-order valence-electron chi connectivity index (χ0n) is 12.0. The van der Waals surface area contributed by atoms with Crippen LogP contribution in [0.2, 0.25) is 0 Å². The molecule has 1 rings (SSSR count). The molecule has 3 amide bonds. The zero-order valence-corrected chi connectivity index (χ0v) is 12.0. The second kappa shape index (κ2) is 7.99. The maximum absolute atomic E-state index is 11.7. The van der Waals surface area contributed by atoms with Gasteiger partial charge in [0.15, 0.2) is 0 Å². The summed E-state index contributed by atoms with van der Waals surface area (Å²) in [5, 5.41) is 8.15. The fraction of sp³-hybridized carbons (Fsp3) is 0.333. The van der Waals surface area contributed by atoms with Crippen molar-refractivity contribution < 1.29 is 9.59 Å². The van der Waals surface area contributed by atoms with Gasteiger partial charge in [-0.05, 0) is 31.5 Å². The van der Waals surface area contributed by atoms with Crippen LogP contribution in [0.3, 0.4) is 0 Å². The number of benzene rings is 1. The van der Waals surface area contributed by atoms with Gasteiger partial charge >= 0.3 is 6.03 Å². The van der Waals surface area contributed by atoms with Crippen molar-refractivity contribution >= 4 is 11.9 Å². The Labute approximate surface area is 119 Å². The van der Waals surface area contributed by atoms with Crippen molar-refractivity contribution in [2.45, 2.75) is 20.4 Å². The standard InChI is InChI=1S/C15H21N3O2/c1-4-16-14(19)13-7-5-6-12(8-13)10-18-15(20)17-9-11(2)3/h5-8H,2,4,9-10H2,1,3H3,(H,16,19)(H2,17,18,20). The first-order chi connectivity index (χ1) is 9.52. The first kappa shape index (κ1) is 15.8. The Kier molecular flexibility index (Phi) is 6.29. The molecule has 0 bridgehead atoms. The van der Waals surface area contributed by atoms with Crippen molar-refractivity contribution in [3.63, 3.8) is 0 Å². The fourth-order valence-corrected chi connectivity index (χ4v) is 1.56. The highest BCUT2D eigenvalue weighted by atomic mass is 16.2. The van der Waals surface area contributed by atoms with Crippen LogP contribution >= 0.6 is 0 Å². The summed E-state index contributed by atoms with van der Waals surface area (Å²) in [6, 6.07) is 6.92. The molecule has 0 aliphatic carbocycles. The van der Waals surface area contributed by atoms with Crippen LogP contribution in [0.1, 0.15) is 29.8 Å². The summed E-state index contributed by atoms with van der Waals surface area (Å²) in [7, 11) is 0. The van der Waals surface area contributed by atoms with E-state index in [1.165, 1.54) is 0 Å². The van der Waals surface area contributed by atoms with Crippen molar-refractivity contribution in [2.24, 2.45) is 0 Å². The minimum Gasteiger partial charge on any atom is -0.352 e. The zero-order chi connectivity index (χ0) is 15.0. The van der Waals surface area contributed by atoms with E-state index in [2.05, 4.69) is 22.5 Å². The first-order valence-electron chi connectivity index (χ1n) is 6.56. The number of nitrogens with one attached hydrogen (secondary N) is 3. The SMILES string of the molecule is C=C(C)CNC(=O)NCc1cccc(C(=O)NCC)c1. The molecule has 1 aromatic rings. The molecule has 0 unspecified atom stereocenters. The van der Waals surface area contributed by atoms with E-state index < -0.39 is 0 Å². The van der Waals surface area contributed by atoms with Crippen LogP contribution in [0.25, 0.3) is 0 Å². The van der Waals surface area contributed by atoms with Crippen LogP contribution in [0.4, 0.5) is 4.79 Å². The molecule has 1 aromatic carbocycles. The van der Waals surface area contributed by atoms with Crippen molar-refractivity contribution in [3.05, 3.63) is 47.5 Å². The van der Waals surface area contributed by atoms with Crippen molar-refractivity contribution in [2.75, 3.05) is 13.1 Å². The smallest absolute Gasteiger partial charge is 0.315 e. The summed E-state index contributed by atoms with van der Waals surface area (Å²) in [6.45, 7) is 8.83. The van der Waals surface area contributed by atoms with Gasteiger partial charge in [-0.1, -0.05) is 24.3 Å². The maximum Gasteiger partial charge on any atom is 0.315 e. The summed E-state index contributed by atoms with van der Waals surface area (Å²) < 4.78 is 0.